The second-order valence-corrected chi connectivity index (χ2v) is 3.23. The first kappa shape index (κ1) is 10.9. The van der Waals surface area contributed by atoms with Crippen LogP contribution >= 0.6 is 0 Å². The first-order valence-corrected chi connectivity index (χ1v) is 4.48. The van der Waals surface area contributed by atoms with Crippen molar-refractivity contribution in [2.24, 2.45) is 5.73 Å². The van der Waals surface area contributed by atoms with Crippen LogP contribution in [0.4, 0.5) is 6.01 Å². The minimum absolute atomic E-state index is 0.126. The molecule has 0 bridgehead atoms. The van der Waals surface area contributed by atoms with Crippen LogP contribution < -0.4 is 11.1 Å². The second-order valence-electron chi connectivity index (χ2n) is 3.23. The number of rotatable bonds is 5. The fourth-order valence-electron chi connectivity index (χ4n) is 0.979. The average Bonchev–Trinajstić information content (AvgIpc) is 2.53. The molecule has 0 aliphatic rings. The number of aromatic nitrogens is 2. The molecule has 0 fully saturated rings. The fourth-order valence-corrected chi connectivity index (χ4v) is 0.979. The lowest BCUT2D eigenvalue weighted by molar-refractivity contribution is 0.189. The van der Waals surface area contributed by atoms with E-state index < -0.39 is 0 Å². The predicted octanol–water partition coefficient (Wildman–Crippen LogP) is 0.536. The van der Waals surface area contributed by atoms with Gasteiger partial charge in [-0.1, -0.05) is 5.10 Å². The van der Waals surface area contributed by atoms with Crippen LogP contribution in [0.3, 0.4) is 0 Å². The maximum Gasteiger partial charge on any atom is 0.315 e. The van der Waals surface area contributed by atoms with E-state index in [9.17, 15) is 0 Å². The first-order valence-electron chi connectivity index (χ1n) is 4.48. The Morgan fingerprint density at radius 1 is 1.50 bits per heavy atom. The number of hydrogen-bond donors (Lipinski definition) is 2. The minimum atomic E-state index is -0.240. The first-order chi connectivity index (χ1) is 6.63. The summed E-state index contributed by atoms with van der Waals surface area (Å²) < 4.78 is 10.2. The Balaban J connectivity index is 2.51. The quantitative estimate of drug-likeness (QED) is 0.721. The van der Waals surface area contributed by atoms with Crippen molar-refractivity contribution in [1.82, 2.24) is 10.2 Å². The molecule has 0 radical (unpaired) electrons. The van der Waals surface area contributed by atoms with Crippen LogP contribution in [0.1, 0.15) is 25.8 Å². The molecule has 0 amide bonds. The molecule has 0 saturated carbocycles. The van der Waals surface area contributed by atoms with E-state index in [1.54, 1.807) is 14.0 Å². The van der Waals surface area contributed by atoms with Gasteiger partial charge in [-0.05, 0) is 13.8 Å². The van der Waals surface area contributed by atoms with Gasteiger partial charge in [0.05, 0.1) is 18.7 Å². The van der Waals surface area contributed by atoms with Gasteiger partial charge in [-0.25, -0.2) is 0 Å². The van der Waals surface area contributed by atoms with E-state index >= 15 is 0 Å². The van der Waals surface area contributed by atoms with Crippen molar-refractivity contribution in [3.63, 3.8) is 0 Å². The summed E-state index contributed by atoms with van der Waals surface area (Å²) in [4.78, 5) is 0. The Kier molecular flexibility index (Phi) is 3.84. The summed E-state index contributed by atoms with van der Waals surface area (Å²) in [7, 11) is 1.64. The maximum absolute atomic E-state index is 5.57. The molecule has 1 aromatic rings. The molecule has 3 N–H and O–H groups in total. The van der Waals surface area contributed by atoms with Crippen LogP contribution in [0.5, 0.6) is 0 Å². The van der Waals surface area contributed by atoms with Gasteiger partial charge in [0, 0.05) is 7.11 Å². The van der Waals surface area contributed by atoms with E-state index in [1.165, 1.54) is 0 Å². The second kappa shape index (κ2) is 4.92. The minimum Gasteiger partial charge on any atom is -0.406 e. The van der Waals surface area contributed by atoms with Crippen molar-refractivity contribution in [3.05, 3.63) is 5.89 Å². The van der Waals surface area contributed by atoms with Crippen molar-refractivity contribution in [1.29, 1.82) is 0 Å². The number of nitrogens with one attached hydrogen (secondary N) is 1. The lowest BCUT2D eigenvalue weighted by Gasteiger charge is -2.09. The summed E-state index contributed by atoms with van der Waals surface area (Å²) in [6, 6.07) is 0.263. The zero-order chi connectivity index (χ0) is 10.6. The molecular weight excluding hydrogens is 184 g/mol. The molecule has 0 aromatic carbocycles. The van der Waals surface area contributed by atoms with Gasteiger partial charge in [0.1, 0.15) is 0 Å². The van der Waals surface area contributed by atoms with Gasteiger partial charge in [0.25, 0.3) is 0 Å². The summed E-state index contributed by atoms with van der Waals surface area (Å²) in [5, 5.41) is 10.6. The third kappa shape index (κ3) is 2.97. The monoisotopic (exact) mass is 200 g/mol. The van der Waals surface area contributed by atoms with Crippen molar-refractivity contribution in [2.75, 3.05) is 19.0 Å². The molecule has 6 nitrogen and oxygen atoms in total. The molecule has 1 aromatic heterocycles. The third-order valence-electron chi connectivity index (χ3n) is 1.62. The van der Waals surface area contributed by atoms with E-state index in [4.69, 9.17) is 14.9 Å². The van der Waals surface area contributed by atoms with E-state index in [2.05, 4.69) is 15.5 Å². The highest BCUT2D eigenvalue weighted by Crippen LogP contribution is 2.11. The van der Waals surface area contributed by atoms with Crippen LogP contribution in [0.25, 0.3) is 0 Å². The lowest BCUT2D eigenvalue weighted by atomic mass is 10.4. The maximum atomic E-state index is 5.57. The standard InChI is InChI=1S/C8H16N4O2/c1-5(4-13-3)10-8-12-11-7(14-8)6(2)9/h5-6H,4,9H2,1-3H3,(H,10,12). The summed E-state index contributed by atoms with van der Waals surface area (Å²) >= 11 is 0. The van der Waals surface area contributed by atoms with Crippen molar-refractivity contribution >= 4 is 6.01 Å². The molecule has 2 atom stereocenters. The average molecular weight is 200 g/mol. The SMILES string of the molecule is COCC(C)Nc1nnc(C(C)N)o1. The molecule has 0 aliphatic heterocycles. The Morgan fingerprint density at radius 2 is 2.21 bits per heavy atom. The number of methoxy groups -OCH3 is 1. The molecular formula is C8H16N4O2. The predicted molar refractivity (Wildman–Crippen MR) is 51.9 cm³/mol. The zero-order valence-corrected chi connectivity index (χ0v) is 8.65. The molecule has 0 spiro atoms. The summed E-state index contributed by atoms with van der Waals surface area (Å²) in [6.45, 7) is 4.32. The van der Waals surface area contributed by atoms with Gasteiger partial charge in [0.15, 0.2) is 0 Å². The Hall–Kier alpha value is -1.14. The summed E-state index contributed by atoms with van der Waals surface area (Å²) in [6.07, 6.45) is 0. The molecule has 0 saturated heterocycles. The van der Waals surface area contributed by atoms with E-state index in [0.29, 0.717) is 18.5 Å². The van der Waals surface area contributed by atoms with Crippen LogP contribution in [0.2, 0.25) is 0 Å². The molecule has 2 unspecified atom stereocenters. The highest BCUT2D eigenvalue weighted by molar-refractivity contribution is 5.19. The molecule has 1 rings (SSSR count). The number of hydrogen-bond acceptors (Lipinski definition) is 6. The van der Waals surface area contributed by atoms with Gasteiger partial charge >= 0.3 is 6.01 Å². The largest absolute Gasteiger partial charge is 0.406 e. The third-order valence-corrected chi connectivity index (χ3v) is 1.62. The highest BCUT2D eigenvalue weighted by Gasteiger charge is 2.11. The van der Waals surface area contributed by atoms with Gasteiger partial charge < -0.3 is 20.2 Å². The van der Waals surface area contributed by atoms with Crippen molar-refractivity contribution in [3.8, 4) is 0 Å². The summed E-state index contributed by atoms with van der Waals surface area (Å²) in [5.41, 5.74) is 5.57. The highest BCUT2D eigenvalue weighted by atomic mass is 16.5. The van der Waals surface area contributed by atoms with E-state index in [0.717, 1.165) is 0 Å². The summed E-state index contributed by atoms with van der Waals surface area (Å²) in [5.74, 6) is 0.428. The molecule has 0 aliphatic carbocycles. The number of nitrogens with zero attached hydrogens (tertiary/aromatic N) is 2. The van der Waals surface area contributed by atoms with Crippen molar-refractivity contribution < 1.29 is 9.15 Å². The van der Waals surface area contributed by atoms with Crippen molar-refractivity contribution in [2.45, 2.75) is 25.9 Å². The smallest absolute Gasteiger partial charge is 0.315 e. The van der Waals surface area contributed by atoms with E-state index in [-0.39, 0.29) is 12.1 Å². The lowest BCUT2D eigenvalue weighted by Crippen LogP contribution is -2.20. The molecule has 80 valence electrons. The van der Waals surface area contributed by atoms with Gasteiger partial charge in [-0.3, -0.25) is 0 Å². The van der Waals surface area contributed by atoms with Crippen LogP contribution in [0.15, 0.2) is 4.42 Å². The zero-order valence-electron chi connectivity index (χ0n) is 8.65. The Bertz CT molecular complexity index is 274. The topological polar surface area (TPSA) is 86.2 Å². The molecule has 6 heteroatoms. The Morgan fingerprint density at radius 3 is 2.71 bits per heavy atom. The fraction of sp³-hybridized carbons (Fsp3) is 0.750. The number of anilines is 1. The number of ether oxygens (including phenoxy) is 1. The van der Waals surface area contributed by atoms with Gasteiger partial charge in [-0.2, -0.15) is 0 Å². The van der Waals surface area contributed by atoms with Crippen LogP contribution in [0, 0.1) is 0 Å². The molecule has 1 heterocycles. The van der Waals surface area contributed by atoms with Crippen LogP contribution in [-0.2, 0) is 4.74 Å². The Labute approximate surface area is 82.8 Å². The molecule has 14 heavy (non-hydrogen) atoms. The number of nitrogens with two attached hydrogens (primary N) is 1. The van der Waals surface area contributed by atoms with Gasteiger partial charge in [0.2, 0.25) is 5.89 Å². The normalized spacial score (nSPS) is 15.1. The van der Waals surface area contributed by atoms with E-state index in [1.807, 2.05) is 6.92 Å². The van der Waals surface area contributed by atoms with Gasteiger partial charge in [-0.15, -0.1) is 5.10 Å². The van der Waals surface area contributed by atoms with Crippen LogP contribution in [-0.4, -0.2) is 30.0 Å².